The number of benzene rings is 2. The molecular weight excluding hydrogens is 398 g/mol. The molecule has 0 aliphatic rings. The van der Waals surface area contributed by atoms with E-state index in [0.717, 1.165) is 27.6 Å². The number of para-hydroxylation sites is 1. The number of ether oxygens (including phenoxy) is 1. The molecule has 0 aliphatic heterocycles. The Hall–Kier alpha value is -3.19. The molecule has 0 saturated carbocycles. The van der Waals surface area contributed by atoms with Gasteiger partial charge in [-0.05, 0) is 44.0 Å². The maximum atomic E-state index is 12.2. The van der Waals surface area contributed by atoms with Crippen molar-refractivity contribution >= 4 is 28.8 Å². The quantitative estimate of drug-likeness (QED) is 0.575. The summed E-state index contributed by atoms with van der Waals surface area (Å²) in [5.74, 6) is 0.277. The molecule has 3 aromatic rings. The lowest BCUT2D eigenvalue weighted by Gasteiger charge is -2.11. The second-order valence-corrected chi connectivity index (χ2v) is 8.05. The zero-order chi connectivity index (χ0) is 21.5. The first kappa shape index (κ1) is 21.5. The van der Waals surface area contributed by atoms with Crippen molar-refractivity contribution in [3.8, 4) is 5.75 Å². The summed E-state index contributed by atoms with van der Waals surface area (Å²) >= 11 is 1.45. The summed E-state index contributed by atoms with van der Waals surface area (Å²) in [4.78, 5) is 28.8. The van der Waals surface area contributed by atoms with Crippen LogP contribution in [-0.2, 0) is 22.6 Å². The minimum atomic E-state index is -0.258. The second-order valence-electron chi connectivity index (χ2n) is 7.10. The van der Waals surface area contributed by atoms with E-state index in [1.807, 2.05) is 68.6 Å². The molecule has 0 atom stereocenters. The molecule has 1 aromatic heterocycles. The summed E-state index contributed by atoms with van der Waals surface area (Å²) in [5.41, 5.74) is 4.59. The van der Waals surface area contributed by atoms with Gasteiger partial charge in [-0.25, -0.2) is 4.98 Å². The third kappa shape index (κ3) is 6.15. The number of hydrogen-bond donors (Lipinski definition) is 2. The third-order valence-electron chi connectivity index (χ3n) is 4.52. The Balaban J connectivity index is 1.43. The average Bonchev–Trinajstić information content (AvgIpc) is 3.16. The number of rotatable bonds is 8. The van der Waals surface area contributed by atoms with Crippen molar-refractivity contribution < 1.29 is 14.3 Å². The number of hydrogen-bond acceptors (Lipinski definition) is 5. The topological polar surface area (TPSA) is 80.3 Å². The maximum Gasteiger partial charge on any atom is 0.243 e. The molecule has 2 aromatic carbocycles. The highest BCUT2D eigenvalue weighted by atomic mass is 32.1. The smallest absolute Gasteiger partial charge is 0.243 e. The number of anilines is 1. The van der Waals surface area contributed by atoms with Crippen LogP contribution in [-0.4, -0.2) is 23.3 Å². The van der Waals surface area contributed by atoms with Crippen molar-refractivity contribution in [3.63, 3.8) is 0 Å². The number of nitrogens with zero attached hydrogens (tertiary/aromatic N) is 1. The van der Waals surface area contributed by atoms with Gasteiger partial charge in [-0.2, -0.15) is 0 Å². The maximum absolute atomic E-state index is 12.2. The van der Waals surface area contributed by atoms with Crippen molar-refractivity contribution in [1.82, 2.24) is 10.3 Å². The van der Waals surface area contributed by atoms with Crippen molar-refractivity contribution in [2.24, 2.45) is 0 Å². The normalized spacial score (nSPS) is 10.5. The van der Waals surface area contributed by atoms with Gasteiger partial charge in [0.05, 0.1) is 18.7 Å². The van der Waals surface area contributed by atoms with Gasteiger partial charge < -0.3 is 15.4 Å². The van der Waals surface area contributed by atoms with E-state index in [4.69, 9.17) is 4.74 Å². The Morgan fingerprint density at radius 2 is 1.70 bits per heavy atom. The molecule has 0 unspecified atom stereocenters. The van der Waals surface area contributed by atoms with E-state index in [1.54, 1.807) is 0 Å². The molecule has 2 N–H and O–H groups in total. The van der Waals surface area contributed by atoms with Gasteiger partial charge in [0, 0.05) is 11.1 Å². The van der Waals surface area contributed by atoms with E-state index < -0.39 is 0 Å². The van der Waals surface area contributed by atoms with Crippen molar-refractivity contribution in [2.75, 3.05) is 11.9 Å². The summed E-state index contributed by atoms with van der Waals surface area (Å²) in [7, 11) is 0. The van der Waals surface area contributed by atoms with Crippen molar-refractivity contribution in [1.29, 1.82) is 0 Å². The van der Waals surface area contributed by atoms with Crippen LogP contribution in [0.2, 0.25) is 0 Å². The fourth-order valence-electron chi connectivity index (χ4n) is 2.88. The highest BCUT2D eigenvalue weighted by Gasteiger charge is 2.11. The zero-order valence-corrected chi connectivity index (χ0v) is 18.1. The minimum Gasteiger partial charge on any atom is -0.486 e. The molecule has 0 spiro atoms. The largest absolute Gasteiger partial charge is 0.486 e. The highest BCUT2D eigenvalue weighted by molar-refractivity contribution is 7.09. The summed E-state index contributed by atoms with van der Waals surface area (Å²) < 4.78 is 5.71. The van der Waals surface area contributed by atoms with Crippen LogP contribution < -0.4 is 15.4 Å². The number of amides is 2. The average molecular weight is 424 g/mol. The molecule has 156 valence electrons. The number of thiazole rings is 1. The Labute approximate surface area is 180 Å². The molecule has 7 heteroatoms. The van der Waals surface area contributed by atoms with Crippen LogP contribution in [0, 0.1) is 20.8 Å². The number of carbonyl (C=O) groups excluding carboxylic acids is 2. The van der Waals surface area contributed by atoms with Gasteiger partial charge in [-0.3, -0.25) is 9.59 Å². The van der Waals surface area contributed by atoms with Gasteiger partial charge in [0.1, 0.15) is 17.4 Å². The number of carbonyl (C=O) groups is 2. The molecule has 0 bridgehead atoms. The lowest BCUT2D eigenvalue weighted by atomic mass is 10.1. The molecule has 0 fully saturated rings. The Morgan fingerprint density at radius 1 is 1.00 bits per heavy atom. The van der Waals surface area contributed by atoms with Crippen molar-refractivity contribution in [2.45, 2.75) is 33.8 Å². The first-order chi connectivity index (χ1) is 14.4. The van der Waals surface area contributed by atoms with Crippen molar-refractivity contribution in [3.05, 3.63) is 75.2 Å². The minimum absolute atomic E-state index is 0.0832. The van der Waals surface area contributed by atoms with Gasteiger partial charge in [0.2, 0.25) is 11.8 Å². The molecule has 0 saturated heterocycles. The van der Waals surface area contributed by atoms with Crippen LogP contribution in [0.15, 0.2) is 47.8 Å². The predicted molar refractivity (Wildman–Crippen MR) is 119 cm³/mol. The molecule has 1 heterocycles. The van der Waals surface area contributed by atoms with E-state index in [2.05, 4.69) is 15.6 Å². The van der Waals surface area contributed by atoms with Gasteiger partial charge >= 0.3 is 0 Å². The van der Waals surface area contributed by atoms with E-state index in [1.165, 1.54) is 16.9 Å². The molecular formula is C23H25N3O3S. The summed E-state index contributed by atoms with van der Waals surface area (Å²) in [5, 5.41) is 8.13. The summed E-state index contributed by atoms with van der Waals surface area (Å²) in [6.07, 6.45) is 0.123. The number of aryl methyl sites for hydroxylation is 3. The SMILES string of the molecule is Cc1ccc(OCc2nc(CC(=O)NCC(=O)Nc3c(C)cccc3C)cs2)cc1. The van der Waals surface area contributed by atoms with Crippen LogP contribution >= 0.6 is 11.3 Å². The van der Waals surface area contributed by atoms with Crippen LogP contribution in [0.5, 0.6) is 5.75 Å². The van der Waals surface area contributed by atoms with Crippen LogP contribution in [0.4, 0.5) is 5.69 Å². The Morgan fingerprint density at radius 3 is 2.40 bits per heavy atom. The molecule has 6 nitrogen and oxygen atoms in total. The Bertz CT molecular complexity index is 1010. The predicted octanol–water partition coefficient (Wildman–Crippen LogP) is 3.94. The highest BCUT2D eigenvalue weighted by Crippen LogP contribution is 2.19. The zero-order valence-electron chi connectivity index (χ0n) is 17.3. The van der Waals surface area contributed by atoms with Gasteiger partial charge in [0.15, 0.2) is 0 Å². The van der Waals surface area contributed by atoms with Gasteiger partial charge in [0.25, 0.3) is 0 Å². The number of nitrogens with one attached hydrogen (secondary N) is 2. The molecule has 2 amide bonds. The monoisotopic (exact) mass is 423 g/mol. The van der Waals surface area contributed by atoms with E-state index in [-0.39, 0.29) is 24.8 Å². The van der Waals surface area contributed by atoms with E-state index >= 15 is 0 Å². The second kappa shape index (κ2) is 10.0. The molecule has 3 rings (SSSR count). The molecule has 0 radical (unpaired) electrons. The molecule has 30 heavy (non-hydrogen) atoms. The molecule has 0 aliphatic carbocycles. The summed E-state index contributed by atoms with van der Waals surface area (Å²) in [6.45, 7) is 6.16. The third-order valence-corrected chi connectivity index (χ3v) is 5.39. The fraction of sp³-hybridized carbons (Fsp3) is 0.261. The number of aromatic nitrogens is 1. The van der Waals surface area contributed by atoms with Crippen LogP contribution in [0.1, 0.15) is 27.4 Å². The standard InChI is InChI=1S/C23H25N3O3S/c1-15-7-9-19(10-8-15)29-13-22-25-18(14-30-22)11-20(27)24-12-21(28)26-23-16(2)5-4-6-17(23)3/h4-10,14H,11-13H2,1-3H3,(H,24,27)(H,26,28). The van der Waals surface area contributed by atoms with E-state index in [0.29, 0.717) is 12.3 Å². The summed E-state index contributed by atoms with van der Waals surface area (Å²) in [6, 6.07) is 13.6. The van der Waals surface area contributed by atoms with Gasteiger partial charge in [-0.15, -0.1) is 11.3 Å². The first-order valence-corrected chi connectivity index (χ1v) is 10.5. The van der Waals surface area contributed by atoms with Crippen LogP contribution in [0.25, 0.3) is 0 Å². The lowest BCUT2D eigenvalue weighted by Crippen LogP contribution is -2.34. The lowest BCUT2D eigenvalue weighted by molar-refractivity contribution is -0.123. The van der Waals surface area contributed by atoms with Crippen LogP contribution in [0.3, 0.4) is 0 Å². The Kier molecular flexibility index (Phi) is 7.19. The first-order valence-electron chi connectivity index (χ1n) is 9.66. The fourth-order valence-corrected chi connectivity index (χ4v) is 3.58. The van der Waals surface area contributed by atoms with Gasteiger partial charge in [-0.1, -0.05) is 35.9 Å². The van der Waals surface area contributed by atoms with E-state index in [9.17, 15) is 9.59 Å².